The summed E-state index contributed by atoms with van der Waals surface area (Å²) in [6, 6.07) is 7.35. The summed E-state index contributed by atoms with van der Waals surface area (Å²) in [7, 11) is 0. The van der Waals surface area contributed by atoms with Crippen LogP contribution in [0.25, 0.3) is 21.9 Å². The highest BCUT2D eigenvalue weighted by molar-refractivity contribution is 6.31. The number of nitrogens with zero attached hydrogens (tertiary/aromatic N) is 3. The Labute approximate surface area is 108 Å². The molecule has 18 heavy (non-hydrogen) atoms. The van der Waals surface area contributed by atoms with E-state index in [2.05, 4.69) is 15.0 Å². The van der Waals surface area contributed by atoms with Crippen molar-refractivity contribution in [2.24, 2.45) is 5.73 Å². The minimum atomic E-state index is 0.237. The summed E-state index contributed by atoms with van der Waals surface area (Å²) in [4.78, 5) is 12.8. The van der Waals surface area contributed by atoms with Crippen LogP contribution in [0.3, 0.4) is 0 Å². The van der Waals surface area contributed by atoms with Crippen LogP contribution in [0.2, 0.25) is 5.02 Å². The third kappa shape index (κ3) is 1.73. The lowest BCUT2D eigenvalue weighted by molar-refractivity contribution is 0.926. The molecule has 3 aromatic rings. The Morgan fingerprint density at radius 3 is 2.72 bits per heavy atom. The monoisotopic (exact) mass is 259 g/mol. The molecule has 1 aromatic carbocycles. The van der Waals surface area contributed by atoms with Crippen molar-refractivity contribution in [3.8, 4) is 0 Å². The van der Waals surface area contributed by atoms with Gasteiger partial charge in [0.1, 0.15) is 11.6 Å². The van der Waals surface area contributed by atoms with Gasteiger partial charge in [0.2, 0.25) is 0 Å². The first-order valence-corrected chi connectivity index (χ1v) is 5.77. The summed E-state index contributed by atoms with van der Waals surface area (Å²) >= 11 is 5.95. The molecule has 4 N–H and O–H groups in total. The van der Waals surface area contributed by atoms with Gasteiger partial charge in [-0.25, -0.2) is 15.0 Å². The molecule has 0 aliphatic heterocycles. The fraction of sp³-hybridized carbons (Fsp3) is 0.0833. The van der Waals surface area contributed by atoms with E-state index in [1.54, 1.807) is 6.07 Å². The maximum atomic E-state index is 5.95. The van der Waals surface area contributed by atoms with E-state index in [4.69, 9.17) is 23.1 Å². The van der Waals surface area contributed by atoms with Gasteiger partial charge in [-0.1, -0.05) is 11.6 Å². The summed E-state index contributed by atoms with van der Waals surface area (Å²) in [5, 5.41) is 2.27. The summed E-state index contributed by atoms with van der Waals surface area (Å²) in [6.07, 6.45) is 0. The zero-order valence-electron chi connectivity index (χ0n) is 9.39. The van der Waals surface area contributed by atoms with E-state index in [1.165, 1.54) is 0 Å². The van der Waals surface area contributed by atoms with Crippen LogP contribution in [0.1, 0.15) is 5.82 Å². The lowest BCUT2D eigenvalue weighted by Gasteiger charge is -2.05. The maximum Gasteiger partial charge on any atom is 0.165 e. The first kappa shape index (κ1) is 11.1. The Morgan fingerprint density at radius 1 is 1.11 bits per heavy atom. The van der Waals surface area contributed by atoms with Crippen LogP contribution in [0.15, 0.2) is 24.3 Å². The summed E-state index contributed by atoms with van der Waals surface area (Å²) in [5.41, 5.74) is 12.8. The molecule has 2 aromatic heterocycles. The van der Waals surface area contributed by atoms with Crippen molar-refractivity contribution in [3.05, 3.63) is 35.1 Å². The lowest BCUT2D eigenvalue weighted by Crippen LogP contribution is -2.06. The van der Waals surface area contributed by atoms with E-state index in [0.717, 1.165) is 10.9 Å². The van der Waals surface area contributed by atoms with Crippen molar-refractivity contribution in [1.82, 2.24) is 15.0 Å². The molecule has 0 atom stereocenters. The fourth-order valence-electron chi connectivity index (χ4n) is 1.85. The van der Waals surface area contributed by atoms with Gasteiger partial charge in [0.05, 0.1) is 17.4 Å². The van der Waals surface area contributed by atoms with E-state index in [0.29, 0.717) is 27.7 Å². The highest BCUT2D eigenvalue weighted by Gasteiger charge is 2.07. The predicted molar refractivity (Wildman–Crippen MR) is 72.2 cm³/mol. The molecule has 0 unspecified atom stereocenters. The topological polar surface area (TPSA) is 90.7 Å². The van der Waals surface area contributed by atoms with Gasteiger partial charge in [-0.2, -0.15) is 0 Å². The minimum absolute atomic E-state index is 0.237. The van der Waals surface area contributed by atoms with Crippen molar-refractivity contribution in [3.63, 3.8) is 0 Å². The van der Waals surface area contributed by atoms with Gasteiger partial charge in [0, 0.05) is 10.4 Å². The first-order chi connectivity index (χ1) is 8.67. The smallest absolute Gasteiger partial charge is 0.165 e. The second-order valence-electron chi connectivity index (χ2n) is 3.93. The normalized spacial score (nSPS) is 11.2. The largest absolute Gasteiger partial charge is 0.383 e. The van der Waals surface area contributed by atoms with Crippen molar-refractivity contribution < 1.29 is 0 Å². The fourth-order valence-corrected chi connectivity index (χ4v) is 2.03. The molecule has 90 valence electrons. The molecular formula is C12H10ClN5. The van der Waals surface area contributed by atoms with Crippen LogP contribution in [-0.2, 0) is 6.54 Å². The summed E-state index contributed by atoms with van der Waals surface area (Å²) in [5.74, 6) is 0.871. The van der Waals surface area contributed by atoms with Crippen molar-refractivity contribution in [2.45, 2.75) is 6.54 Å². The van der Waals surface area contributed by atoms with E-state index in [-0.39, 0.29) is 6.54 Å². The number of aromatic nitrogens is 3. The van der Waals surface area contributed by atoms with Crippen LogP contribution in [-0.4, -0.2) is 15.0 Å². The number of hydrogen-bond acceptors (Lipinski definition) is 5. The number of anilines is 1. The van der Waals surface area contributed by atoms with Gasteiger partial charge in [-0.05, 0) is 24.3 Å². The molecule has 0 fully saturated rings. The van der Waals surface area contributed by atoms with Crippen LogP contribution < -0.4 is 11.5 Å². The average molecular weight is 260 g/mol. The van der Waals surface area contributed by atoms with E-state index in [9.17, 15) is 0 Å². The molecule has 5 nitrogen and oxygen atoms in total. The Hall–Kier alpha value is -1.98. The Bertz CT molecular complexity index is 756. The van der Waals surface area contributed by atoms with Gasteiger partial charge in [-0.3, -0.25) is 0 Å². The number of nitrogens with two attached hydrogens (primary N) is 2. The summed E-state index contributed by atoms with van der Waals surface area (Å²) in [6.45, 7) is 0.237. The second kappa shape index (κ2) is 4.04. The number of benzene rings is 1. The number of pyridine rings is 1. The maximum absolute atomic E-state index is 5.95. The molecule has 3 rings (SSSR count). The molecule has 6 heteroatoms. The molecule has 0 saturated heterocycles. The van der Waals surface area contributed by atoms with Crippen LogP contribution in [0.5, 0.6) is 0 Å². The Kier molecular flexibility index (Phi) is 2.50. The van der Waals surface area contributed by atoms with Crippen LogP contribution in [0, 0.1) is 0 Å². The molecule has 0 radical (unpaired) electrons. The van der Waals surface area contributed by atoms with E-state index >= 15 is 0 Å². The number of hydrogen-bond donors (Lipinski definition) is 2. The van der Waals surface area contributed by atoms with Crippen molar-refractivity contribution >= 4 is 39.4 Å². The number of fused-ring (bicyclic) bond motifs is 2. The highest BCUT2D eigenvalue weighted by atomic mass is 35.5. The lowest BCUT2D eigenvalue weighted by atomic mass is 10.2. The Morgan fingerprint density at radius 2 is 1.94 bits per heavy atom. The third-order valence-electron chi connectivity index (χ3n) is 2.70. The highest BCUT2D eigenvalue weighted by Crippen LogP contribution is 2.24. The van der Waals surface area contributed by atoms with E-state index in [1.807, 2.05) is 18.2 Å². The molecule has 2 heterocycles. The second-order valence-corrected chi connectivity index (χ2v) is 4.36. The molecular weight excluding hydrogens is 250 g/mol. The quantitative estimate of drug-likeness (QED) is 0.651. The molecule has 0 aliphatic rings. The molecule has 0 amide bonds. The van der Waals surface area contributed by atoms with Crippen LogP contribution >= 0.6 is 11.6 Å². The summed E-state index contributed by atoms with van der Waals surface area (Å²) < 4.78 is 0. The van der Waals surface area contributed by atoms with Gasteiger partial charge >= 0.3 is 0 Å². The zero-order valence-corrected chi connectivity index (χ0v) is 10.1. The molecule has 0 saturated carbocycles. The van der Waals surface area contributed by atoms with Crippen molar-refractivity contribution in [2.75, 3.05) is 5.73 Å². The van der Waals surface area contributed by atoms with Gasteiger partial charge < -0.3 is 11.5 Å². The Balaban J connectivity index is 2.41. The minimum Gasteiger partial charge on any atom is -0.383 e. The SMILES string of the molecule is NCc1nc(N)c2cc3cc(Cl)ccc3nc2n1. The average Bonchev–Trinajstić information content (AvgIpc) is 2.37. The third-order valence-corrected chi connectivity index (χ3v) is 2.93. The predicted octanol–water partition coefficient (Wildman–Crippen LogP) is 1.87. The van der Waals surface area contributed by atoms with Gasteiger partial charge in [0.25, 0.3) is 0 Å². The van der Waals surface area contributed by atoms with Gasteiger partial charge in [0.15, 0.2) is 5.65 Å². The zero-order chi connectivity index (χ0) is 12.7. The van der Waals surface area contributed by atoms with Gasteiger partial charge in [-0.15, -0.1) is 0 Å². The number of nitrogen functional groups attached to an aromatic ring is 1. The standard InChI is InChI=1S/C12H10ClN5/c13-7-1-2-9-6(3-7)4-8-11(15)17-10(5-14)18-12(8)16-9/h1-4H,5,14H2,(H2,15,16,17,18). The number of halogens is 1. The first-order valence-electron chi connectivity index (χ1n) is 5.40. The van der Waals surface area contributed by atoms with Crippen molar-refractivity contribution in [1.29, 1.82) is 0 Å². The molecule has 0 bridgehead atoms. The number of rotatable bonds is 1. The molecule has 0 spiro atoms. The molecule has 0 aliphatic carbocycles. The van der Waals surface area contributed by atoms with E-state index < -0.39 is 0 Å². The van der Waals surface area contributed by atoms with Crippen LogP contribution in [0.4, 0.5) is 5.82 Å².